The third kappa shape index (κ3) is 2.98. The maximum atomic E-state index is 13.2. The molecular weight excluding hydrogens is 315 g/mol. The molecule has 0 aliphatic carbocycles. The highest BCUT2D eigenvalue weighted by Crippen LogP contribution is 2.35. The maximum Gasteiger partial charge on any atom is 0.256 e. The van der Waals surface area contributed by atoms with E-state index in [1.54, 1.807) is 12.1 Å². The lowest BCUT2D eigenvalue weighted by Gasteiger charge is -2.27. The zero-order valence-electron chi connectivity index (χ0n) is 13.5. The first-order chi connectivity index (χ1) is 12.2. The first-order valence-electron chi connectivity index (χ1n) is 8.18. The number of carbonyl (C=O) groups is 1. The Hall–Kier alpha value is -3.14. The standard InChI is InChI=1S/C21H17FN2O/c22-16-10-12-17(13-11-16)23-20-18-8-4-5-9-19(18)21(25)24(20)14-15-6-2-1-3-7-15/h1-13,20,23H,14H2/t20-/m0/s1. The predicted molar refractivity (Wildman–Crippen MR) is 95.5 cm³/mol. The number of benzene rings is 3. The van der Waals surface area contributed by atoms with E-state index in [1.165, 1.54) is 12.1 Å². The van der Waals surface area contributed by atoms with Crippen molar-refractivity contribution in [2.45, 2.75) is 12.7 Å². The second-order valence-electron chi connectivity index (χ2n) is 6.06. The minimum absolute atomic E-state index is 0.000866. The first kappa shape index (κ1) is 15.4. The van der Waals surface area contributed by atoms with Crippen LogP contribution in [0.1, 0.15) is 27.7 Å². The van der Waals surface area contributed by atoms with Crippen molar-refractivity contribution < 1.29 is 9.18 Å². The smallest absolute Gasteiger partial charge is 0.256 e. The van der Waals surface area contributed by atoms with Gasteiger partial charge in [0.15, 0.2) is 0 Å². The van der Waals surface area contributed by atoms with Crippen LogP contribution in [0.5, 0.6) is 0 Å². The quantitative estimate of drug-likeness (QED) is 0.758. The molecule has 3 aromatic rings. The number of amides is 1. The molecule has 0 saturated carbocycles. The van der Waals surface area contributed by atoms with Gasteiger partial charge in [0.2, 0.25) is 0 Å². The molecule has 0 saturated heterocycles. The minimum atomic E-state index is -0.283. The van der Waals surface area contributed by atoms with Gasteiger partial charge in [0, 0.05) is 23.4 Å². The van der Waals surface area contributed by atoms with Crippen LogP contribution in [0.4, 0.5) is 10.1 Å². The Morgan fingerprint density at radius 1 is 0.880 bits per heavy atom. The number of fused-ring (bicyclic) bond motifs is 1. The largest absolute Gasteiger partial charge is 0.361 e. The normalized spacial score (nSPS) is 16.0. The summed E-state index contributed by atoms with van der Waals surface area (Å²) in [6.45, 7) is 0.507. The Kier molecular flexibility index (Phi) is 3.94. The lowest BCUT2D eigenvalue weighted by molar-refractivity contribution is 0.0729. The first-order valence-corrected chi connectivity index (χ1v) is 8.18. The van der Waals surface area contributed by atoms with Crippen LogP contribution in [-0.4, -0.2) is 10.8 Å². The molecule has 0 aromatic heterocycles. The number of halogens is 1. The topological polar surface area (TPSA) is 32.3 Å². The summed E-state index contributed by atoms with van der Waals surface area (Å²) >= 11 is 0. The molecule has 25 heavy (non-hydrogen) atoms. The maximum absolute atomic E-state index is 13.2. The van der Waals surface area contributed by atoms with E-state index in [2.05, 4.69) is 5.32 Å². The Morgan fingerprint density at radius 3 is 2.32 bits per heavy atom. The molecule has 4 rings (SSSR count). The van der Waals surface area contributed by atoms with Crippen molar-refractivity contribution >= 4 is 11.6 Å². The molecular formula is C21H17FN2O. The summed E-state index contributed by atoms with van der Waals surface area (Å²) < 4.78 is 13.2. The van der Waals surface area contributed by atoms with Crippen molar-refractivity contribution in [3.8, 4) is 0 Å². The number of rotatable bonds is 4. The molecule has 1 heterocycles. The number of carbonyl (C=O) groups excluding carboxylic acids is 1. The van der Waals surface area contributed by atoms with Crippen LogP contribution < -0.4 is 5.32 Å². The number of nitrogens with zero attached hydrogens (tertiary/aromatic N) is 1. The van der Waals surface area contributed by atoms with Gasteiger partial charge < -0.3 is 10.2 Å². The Labute approximate surface area is 145 Å². The van der Waals surface area contributed by atoms with Crippen LogP contribution in [0.2, 0.25) is 0 Å². The van der Waals surface area contributed by atoms with Gasteiger partial charge in [-0.05, 0) is 35.9 Å². The van der Waals surface area contributed by atoms with E-state index in [-0.39, 0.29) is 17.9 Å². The predicted octanol–water partition coefficient (Wildman–Crippen LogP) is 4.59. The highest BCUT2D eigenvalue weighted by Gasteiger charge is 2.36. The molecule has 1 N–H and O–H groups in total. The molecule has 0 radical (unpaired) electrons. The molecule has 124 valence electrons. The monoisotopic (exact) mass is 332 g/mol. The fraction of sp³-hybridized carbons (Fsp3) is 0.0952. The van der Waals surface area contributed by atoms with Gasteiger partial charge in [0.05, 0.1) is 0 Å². The van der Waals surface area contributed by atoms with Crippen LogP contribution in [0.15, 0.2) is 78.9 Å². The number of hydrogen-bond acceptors (Lipinski definition) is 2. The minimum Gasteiger partial charge on any atom is -0.361 e. The second-order valence-corrected chi connectivity index (χ2v) is 6.06. The fourth-order valence-corrected chi connectivity index (χ4v) is 3.17. The lowest BCUT2D eigenvalue weighted by Crippen LogP contribution is -2.31. The second kappa shape index (κ2) is 6.40. The molecule has 1 aliphatic rings. The van der Waals surface area contributed by atoms with Crippen LogP contribution in [0, 0.1) is 5.82 Å². The van der Waals surface area contributed by atoms with E-state index in [0.29, 0.717) is 12.1 Å². The third-order valence-corrected chi connectivity index (χ3v) is 4.40. The average molecular weight is 332 g/mol. The van der Waals surface area contributed by atoms with Crippen molar-refractivity contribution in [1.82, 2.24) is 4.90 Å². The Morgan fingerprint density at radius 2 is 1.56 bits per heavy atom. The van der Waals surface area contributed by atoms with Crippen molar-refractivity contribution in [3.63, 3.8) is 0 Å². The molecule has 0 unspecified atom stereocenters. The van der Waals surface area contributed by atoms with E-state index in [0.717, 1.165) is 16.8 Å². The summed E-state index contributed by atoms with van der Waals surface area (Å²) in [5.74, 6) is -0.284. The van der Waals surface area contributed by atoms with E-state index in [4.69, 9.17) is 0 Å². The van der Waals surface area contributed by atoms with Gasteiger partial charge in [-0.3, -0.25) is 4.79 Å². The Bertz CT molecular complexity index is 893. The summed E-state index contributed by atoms with van der Waals surface area (Å²) in [5, 5.41) is 3.36. The summed E-state index contributed by atoms with van der Waals surface area (Å²) in [5.41, 5.74) is 3.48. The summed E-state index contributed by atoms with van der Waals surface area (Å²) in [4.78, 5) is 14.7. The van der Waals surface area contributed by atoms with Gasteiger partial charge in [-0.1, -0.05) is 48.5 Å². The molecule has 0 spiro atoms. The third-order valence-electron chi connectivity index (χ3n) is 4.40. The van der Waals surface area contributed by atoms with Gasteiger partial charge in [0.1, 0.15) is 12.0 Å². The van der Waals surface area contributed by atoms with Crippen molar-refractivity contribution in [1.29, 1.82) is 0 Å². The molecule has 1 amide bonds. The van der Waals surface area contributed by atoms with E-state index < -0.39 is 0 Å². The van der Waals surface area contributed by atoms with E-state index >= 15 is 0 Å². The average Bonchev–Trinajstić information content (AvgIpc) is 2.91. The zero-order valence-corrected chi connectivity index (χ0v) is 13.5. The summed E-state index contributed by atoms with van der Waals surface area (Å²) in [7, 11) is 0. The van der Waals surface area contributed by atoms with Crippen LogP contribution in [0.3, 0.4) is 0 Å². The number of hydrogen-bond donors (Lipinski definition) is 1. The molecule has 0 bridgehead atoms. The van der Waals surface area contributed by atoms with E-state index in [9.17, 15) is 9.18 Å². The van der Waals surface area contributed by atoms with Gasteiger partial charge in [0.25, 0.3) is 5.91 Å². The SMILES string of the molecule is O=C1c2ccccc2[C@@H](Nc2ccc(F)cc2)N1Cc1ccccc1. The Balaban J connectivity index is 1.68. The number of nitrogens with one attached hydrogen (secondary N) is 1. The highest BCUT2D eigenvalue weighted by molar-refractivity contribution is 5.99. The van der Waals surface area contributed by atoms with Gasteiger partial charge in [-0.25, -0.2) is 4.39 Å². The highest BCUT2D eigenvalue weighted by atomic mass is 19.1. The molecule has 0 fully saturated rings. The number of anilines is 1. The lowest BCUT2D eigenvalue weighted by atomic mass is 10.1. The van der Waals surface area contributed by atoms with Gasteiger partial charge >= 0.3 is 0 Å². The van der Waals surface area contributed by atoms with Crippen molar-refractivity contribution in [3.05, 3.63) is 101 Å². The van der Waals surface area contributed by atoms with Gasteiger partial charge in [-0.2, -0.15) is 0 Å². The molecule has 4 heteroatoms. The summed E-state index contributed by atoms with van der Waals surface area (Å²) in [6.07, 6.45) is -0.283. The molecule has 3 aromatic carbocycles. The molecule has 1 atom stereocenters. The molecule has 3 nitrogen and oxygen atoms in total. The summed E-state index contributed by atoms with van der Waals surface area (Å²) in [6, 6.07) is 23.7. The van der Waals surface area contributed by atoms with Crippen molar-refractivity contribution in [2.75, 3.05) is 5.32 Å². The van der Waals surface area contributed by atoms with Crippen LogP contribution >= 0.6 is 0 Å². The fourth-order valence-electron chi connectivity index (χ4n) is 3.17. The molecule has 1 aliphatic heterocycles. The van der Waals surface area contributed by atoms with E-state index in [1.807, 2.05) is 59.5 Å². The van der Waals surface area contributed by atoms with Crippen LogP contribution in [0.25, 0.3) is 0 Å². The van der Waals surface area contributed by atoms with Crippen LogP contribution in [-0.2, 0) is 6.54 Å². The van der Waals surface area contributed by atoms with Gasteiger partial charge in [-0.15, -0.1) is 0 Å². The zero-order chi connectivity index (χ0) is 17.2. The van der Waals surface area contributed by atoms with Crippen molar-refractivity contribution in [2.24, 2.45) is 0 Å².